The van der Waals surface area contributed by atoms with Gasteiger partial charge in [-0.05, 0) is 30.2 Å². The number of carbonyl (C=O) groups is 2. The molecule has 2 rings (SSSR count). The molecule has 1 atom stereocenters. The minimum absolute atomic E-state index is 0.0314. The van der Waals surface area contributed by atoms with Crippen LogP contribution in [0.5, 0.6) is 0 Å². The first-order chi connectivity index (χ1) is 9.80. The van der Waals surface area contributed by atoms with E-state index in [1.165, 1.54) is 6.08 Å². The number of aliphatic hydroxyl groups is 1. The van der Waals surface area contributed by atoms with Crippen molar-refractivity contribution < 1.29 is 14.7 Å². The predicted molar refractivity (Wildman–Crippen MR) is 83.0 cm³/mol. The van der Waals surface area contributed by atoms with E-state index in [-0.39, 0.29) is 5.78 Å². The van der Waals surface area contributed by atoms with Crippen LogP contribution in [0.25, 0.3) is 6.08 Å². The zero-order chi connectivity index (χ0) is 15.7. The van der Waals surface area contributed by atoms with Crippen molar-refractivity contribution >= 4 is 18.1 Å². The first kappa shape index (κ1) is 15.4. The van der Waals surface area contributed by atoms with Crippen LogP contribution in [0.1, 0.15) is 43.1 Å². The molecule has 0 radical (unpaired) electrons. The van der Waals surface area contributed by atoms with Crippen molar-refractivity contribution in [2.75, 3.05) is 0 Å². The van der Waals surface area contributed by atoms with Gasteiger partial charge in [-0.15, -0.1) is 0 Å². The zero-order valence-corrected chi connectivity index (χ0v) is 12.6. The van der Waals surface area contributed by atoms with Crippen LogP contribution in [-0.4, -0.2) is 22.8 Å². The average Bonchev–Trinajstić information content (AvgIpc) is 2.42. The van der Waals surface area contributed by atoms with Crippen LogP contribution in [0, 0.1) is 5.41 Å². The molecule has 21 heavy (non-hydrogen) atoms. The Morgan fingerprint density at radius 1 is 1.19 bits per heavy atom. The van der Waals surface area contributed by atoms with Gasteiger partial charge in [-0.25, -0.2) is 0 Å². The third-order valence-corrected chi connectivity index (χ3v) is 4.25. The van der Waals surface area contributed by atoms with Crippen LogP contribution in [-0.2, 0) is 4.79 Å². The highest BCUT2D eigenvalue weighted by Gasteiger charge is 2.46. The summed E-state index contributed by atoms with van der Waals surface area (Å²) in [6.07, 6.45) is 6.02. The lowest BCUT2D eigenvalue weighted by Crippen LogP contribution is -2.47. The van der Waals surface area contributed by atoms with Crippen LogP contribution in [0.4, 0.5) is 0 Å². The molecule has 0 amide bonds. The van der Waals surface area contributed by atoms with Gasteiger partial charge in [-0.2, -0.15) is 0 Å². The highest BCUT2D eigenvalue weighted by atomic mass is 16.3. The minimum Gasteiger partial charge on any atom is -0.381 e. The van der Waals surface area contributed by atoms with Gasteiger partial charge in [0, 0.05) is 17.4 Å². The Labute approximate surface area is 125 Å². The Bertz CT molecular complexity index is 638. The fourth-order valence-corrected chi connectivity index (χ4v) is 2.84. The lowest BCUT2D eigenvalue weighted by molar-refractivity contribution is -0.121. The Hall–Kier alpha value is -2.00. The van der Waals surface area contributed by atoms with Crippen LogP contribution >= 0.6 is 0 Å². The number of rotatable bonds is 3. The summed E-state index contributed by atoms with van der Waals surface area (Å²) in [5.74, 6) is 0.0314. The molecule has 0 bridgehead atoms. The van der Waals surface area contributed by atoms with Gasteiger partial charge in [0.05, 0.1) is 0 Å². The molecule has 3 nitrogen and oxygen atoms in total. The molecule has 1 N–H and O–H groups in total. The lowest BCUT2D eigenvalue weighted by atomic mass is 9.64. The summed E-state index contributed by atoms with van der Waals surface area (Å²) in [6, 6.07) is 7.19. The van der Waals surface area contributed by atoms with E-state index in [4.69, 9.17) is 0 Å². The van der Waals surface area contributed by atoms with Gasteiger partial charge >= 0.3 is 0 Å². The largest absolute Gasteiger partial charge is 0.381 e. The molecule has 0 aromatic heterocycles. The molecule has 0 spiro atoms. The van der Waals surface area contributed by atoms with Crippen molar-refractivity contribution in [1.29, 1.82) is 0 Å². The van der Waals surface area contributed by atoms with E-state index in [0.717, 1.165) is 11.8 Å². The molecule has 1 aliphatic rings. The van der Waals surface area contributed by atoms with Crippen molar-refractivity contribution in [2.45, 2.75) is 32.8 Å². The number of allylic oxidation sites excluding steroid dienone is 1. The molecule has 1 aromatic rings. The lowest BCUT2D eigenvalue weighted by Gasteiger charge is -2.44. The second-order valence-corrected chi connectivity index (χ2v) is 6.20. The van der Waals surface area contributed by atoms with E-state index in [2.05, 4.69) is 0 Å². The van der Waals surface area contributed by atoms with E-state index < -0.39 is 11.0 Å². The Balaban J connectivity index is 2.45. The number of hydrogen-bond donors (Lipinski definition) is 1. The molecule has 1 unspecified atom stereocenters. The summed E-state index contributed by atoms with van der Waals surface area (Å²) >= 11 is 0. The SMILES string of the molecule is CC1=CC(=O)CC(C)(C)C1(O)/C=C/c1ccccc1C=O. The van der Waals surface area contributed by atoms with E-state index in [0.29, 0.717) is 17.6 Å². The van der Waals surface area contributed by atoms with Gasteiger partial charge < -0.3 is 5.11 Å². The van der Waals surface area contributed by atoms with Gasteiger partial charge in [0.15, 0.2) is 12.1 Å². The van der Waals surface area contributed by atoms with Crippen molar-refractivity contribution in [3.63, 3.8) is 0 Å². The van der Waals surface area contributed by atoms with Gasteiger partial charge in [-0.3, -0.25) is 9.59 Å². The van der Waals surface area contributed by atoms with Gasteiger partial charge in [-0.1, -0.05) is 44.2 Å². The molecule has 3 heteroatoms. The van der Waals surface area contributed by atoms with Gasteiger partial charge in [0.25, 0.3) is 0 Å². The molecule has 1 aliphatic carbocycles. The number of hydrogen-bond acceptors (Lipinski definition) is 3. The third kappa shape index (κ3) is 2.74. The molecule has 110 valence electrons. The molecular weight excluding hydrogens is 264 g/mol. The Morgan fingerprint density at radius 2 is 1.81 bits per heavy atom. The number of ketones is 1. The van der Waals surface area contributed by atoms with Gasteiger partial charge in [0.1, 0.15) is 5.60 Å². The van der Waals surface area contributed by atoms with Crippen molar-refractivity contribution in [1.82, 2.24) is 0 Å². The first-order valence-corrected chi connectivity index (χ1v) is 6.97. The van der Waals surface area contributed by atoms with E-state index >= 15 is 0 Å². The third-order valence-electron chi connectivity index (χ3n) is 4.25. The fraction of sp³-hybridized carbons (Fsp3) is 0.333. The second-order valence-electron chi connectivity index (χ2n) is 6.20. The summed E-state index contributed by atoms with van der Waals surface area (Å²) in [5, 5.41) is 11.0. The monoisotopic (exact) mass is 284 g/mol. The highest BCUT2D eigenvalue weighted by molar-refractivity contribution is 5.93. The molecule has 0 heterocycles. The maximum absolute atomic E-state index is 11.7. The van der Waals surface area contributed by atoms with E-state index in [9.17, 15) is 14.7 Å². The average molecular weight is 284 g/mol. The van der Waals surface area contributed by atoms with Crippen LogP contribution < -0.4 is 0 Å². The summed E-state index contributed by atoms with van der Waals surface area (Å²) < 4.78 is 0. The first-order valence-electron chi connectivity index (χ1n) is 6.97. The smallest absolute Gasteiger partial charge is 0.156 e. The van der Waals surface area contributed by atoms with Crippen molar-refractivity contribution in [2.24, 2.45) is 5.41 Å². The summed E-state index contributed by atoms with van der Waals surface area (Å²) in [4.78, 5) is 22.7. The molecule has 1 aromatic carbocycles. The highest BCUT2D eigenvalue weighted by Crippen LogP contribution is 2.44. The van der Waals surface area contributed by atoms with Gasteiger partial charge in [0.2, 0.25) is 0 Å². The van der Waals surface area contributed by atoms with E-state index in [1.807, 2.05) is 26.0 Å². The molecule has 0 fully saturated rings. The number of carbonyl (C=O) groups excluding carboxylic acids is 2. The Kier molecular flexibility index (Phi) is 3.97. The zero-order valence-electron chi connectivity index (χ0n) is 12.6. The second kappa shape index (κ2) is 5.41. The molecule has 0 saturated heterocycles. The summed E-state index contributed by atoms with van der Waals surface area (Å²) in [5.41, 5.74) is 0.167. The topological polar surface area (TPSA) is 54.4 Å². The maximum atomic E-state index is 11.7. The maximum Gasteiger partial charge on any atom is 0.156 e. The normalized spacial score (nSPS) is 25.0. The molecule has 0 saturated carbocycles. The standard InChI is InChI=1S/C18H20O3/c1-13-10-16(20)11-17(2,3)18(13,21)9-8-14-6-4-5-7-15(14)12-19/h4-10,12,21H,11H2,1-3H3/b9-8+. The molecule has 0 aliphatic heterocycles. The minimum atomic E-state index is -1.20. The Morgan fingerprint density at radius 3 is 2.38 bits per heavy atom. The fourth-order valence-electron chi connectivity index (χ4n) is 2.84. The van der Waals surface area contributed by atoms with Crippen molar-refractivity contribution in [3.05, 3.63) is 53.1 Å². The van der Waals surface area contributed by atoms with Crippen molar-refractivity contribution in [3.8, 4) is 0 Å². The number of aldehydes is 1. The number of benzene rings is 1. The van der Waals surface area contributed by atoms with Crippen LogP contribution in [0.15, 0.2) is 42.0 Å². The summed E-state index contributed by atoms with van der Waals surface area (Å²) in [6.45, 7) is 5.50. The van der Waals surface area contributed by atoms with Crippen LogP contribution in [0.2, 0.25) is 0 Å². The van der Waals surface area contributed by atoms with E-state index in [1.54, 1.807) is 31.2 Å². The quantitative estimate of drug-likeness (QED) is 0.867. The summed E-state index contributed by atoms with van der Waals surface area (Å²) in [7, 11) is 0. The molecular formula is C18H20O3. The predicted octanol–water partition coefficient (Wildman–Crippen LogP) is 3.19. The van der Waals surface area contributed by atoms with Crippen LogP contribution in [0.3, 0.4) is 0 Å².